The Morgan fingerprint density at radius 1 is 1.19 bits per heavy atom. The van der Waals surface area contributed by atoms with Crippen molar-refractivity contribution in [2.45, 2.75) is 44.4 Å². The van der Waals surface area contributed by atoms with E-state index in [9.17, 15) is 4.79 Å². The van der Waals surface area contributed by atoms with Gasteiger partial charge in [-0.15, -0.1) is 0 Å². The number of rotatable bonds is 14. The number of carbonyl (C=O) groups excluding carboxylic acids is 1. The van der Waals surface area contributed by atoms with E-state index in [0.29, 0.717) is 44.2 Å². The first kappa shape index (κ1) is 27.0. The largest absolute Gasteiger partial charge is 0.494 e. The summed E-state index contributed by atoms with van der Waals surface area (Å²) in [7, 11) is 1.62. The van der Waals surface area contributed by atoms with Crippen molar-refractivity contribution < 1.29 is 24.1 Å². The molecule has 0 spiro atoms. The van der Waals surface area contributed by atoms with Crippen LogP contribution in [0.1, 0.15) is 36.5 Å². The lowest BCUT2D eigenvalue weighted by atomic mass is 9.84. The zero-order valence-corrected chi connectivity index (χ0v) is 20.7. The summed E-state index contributed by atoms with van der Waals surface area (Å²) in [4.78, 5) is 21.3. The third-order valence-corrected chi connectivity index (χ3v) is 6.02. The van der Waals surface area contributed by atoms with Crippen molar-refractivity contribution in [3.05, 3.63) is 75.7 Å². The minimum atomic E-state index is -1.20. The summed E-state index contributed by atoms with van der Waals surface area (Å²) in [6.45, 7) is 3.51. The van der Waals surface area contributed by atoms with Crippen LogP contribution in [0.15, 0.2) is 58.6 Å². The number of azide groups is 1. The number of ether oxygens (including phenoxy) is 3. The molecule has 1 aliphatic heterocycles. The normalized spacial score (nSPS) is 18.6. The molecular weight excluding hydrogens is 462 g/mol. The highest BCUT2D eigenvalue weighted by atomic mass is 16.5. The molecule has 0 bridgehead atoms. The molecule has 0 radical (unpaired) electrons. The van der Waals surface area contributed by atoms with Gasteiger partial charge in [0.25, 0.3) is 5.91 Å². The van der Waals surface area contributed by atoms with Gasteiger partial charge in [0.05, 0.1) is 13.2 Å². The fraction of sp³-hybridized carbons (Fsp3) is 0.462. The van der Waals surface area contributed by atoms with Crippen LogP contribution < -0.4 is 10.1 Å². The van der Waals surface area contributed by atoms with Gasteiger partial charge in [-0.2, -0.15) is 0 Å². The summed E-state index contributed by atoms with van der Waals surface area (Å²) in [5.41, 5.74) is 10.0. The van der Waals surface area contributed by atoms with Crippen LogP contribution in [0.3, 0.4) is 0 Å². The van der Waals surface area contributed by atoms with E-state index in [1.807, 2.05) is 55.5 Å². The molecule has 10 heteroatoms. The van der Waals surface area contributed by atoms with Crippen LogP contribution in [0, 0.1) is 0 Å². The number of nitrogens with one attached hydrogen (secondary N) is 1. The van der Waals surface area contributed by atoms with Gasteiger partial charge in [-0.1, -0.05) is 29.4 Å². The number of aliphatic hydroxyl groups is 1. The van der Waals surface area contributed by atoms with Crippen LogP contribution in [0.4, 0.5) is 0 Å². The number of aliphatic imine (C=N–C) groups is 1. The van der Waals surface area contributed by atoms with Crippen molar-refractivity contribution in [2.24, 2.45) is 10.1 Å². The molecule has 2 atom stereocenters. The Hall–Kier alpha value is -3.59. The molecule has 2 aromatic carbocycles. The second kappa shape index (κ2) is 13.5. The second-order valence-corrected chi connectivity index (χ2v) is 8.49. The van der Waals surface area contributed by atoms with Gasteiger partial charge in [-0.25, -0.2) is 4.99 Å². The van der Waals surface area contributed by atoms with Crippen molar-refractivity contribution in [2.75, 3.05) is 33.5 Å². The molecule has 36 heavy (non-hydrogen) atoms. The third-order valence-electron chi connectivity index (χ3n) is 6.02. The second-order valence-electron chi connectivity index (χ2n) is 8.49. The van der Waals surface area contributed by atoms with Crippen molar-refractivity contribution in [3.63, 3.8) is 0 Å². The minimum Gasteiger partial charge on any atom is -0.494 e. The van der Waals surface area contributed by atoms with E-state index in [4.69, 9.17) is 29.8 Å². The molecule has 10 nitrogen and oxygen atoms in total. The molecule has 0 fully saturated rings. The van der Waals surface area contributed by atoms with E-state index < -0.39 is 11.6 Å². The molecule has 1 heterocycles. The van der Waals surface area contributed by atoms with E-state index >= 15 is 0 Å². The average molecular weight is 496 g/mol. The lowest BCUT2D eigenvalue weighted by molar-refractivity contribution is -0.128. The Balaban J connectivity index is 1.91. The zero-order valence-electron chi connectivity index (χ0n) is 20.7. The van der Waals surface area contributed by atoms with Crippen molar-refractivity contribution in [1.29, 1.82) is 0 Å². The maximum atomic E-state index is 13.6. The van der Waals surface area contributed by atoms with E-state index in [-0.39, 0.29) is 25.5 Å². The SMILES string of the molecule is COCCCNC(=O)[C@]1(Cc2ccccc2CN=[N+]=[N-])N=C(c2ccc(OCCCO)cc2)O[C@@H]1C. The lowest BCUT2D eigenvalue weighted by Crippen LogP contribution is -2.52. The summed E-state index contributed by atoms with van der Waals surface area (Å²) in [6, 6.07) is 14.8. The predicted molar refractivity (Wildman–Crippen MR) is 136 cm³/mol. The van der Waals surface area contributed by atoms with E-state index in [1.54, 1.807) is 7.11 Å². The summed E-state index contributed by atoms with van der Waals surface area (Å²) in [5, 5.41) is 15.6. The number of hydrogen-bond acceptors (Lipinski definition) is 7. The number of carbonyl (C=O) groups is 1. The van der Waals surface area contributed by atoms with Gasteiger partial charge in [-0.3, -0.25) is 4.79 Å². The molecule has 0 aliphatic carbocycles. The average Bonchev–Trinajstić information content (AvgIpc) is 3.23. The van der Waals surface area contributed by atoms with Gasteiger partial charge in [0.2, 0.25) is 5.90 Å². The summed E-state index contributed by atoms with van der Waals surface area (Å²) in [5.74, 6) is 0.820. The molecule has 2 aromatic rings. The highest BCUT2D eigenvalue weighted by Crippen LogP contribution is 2.34. The predicted octanol–water partition coefficient (Wildman–Crippen LogP) is 3.56. The Morgan fingerprint density at radius 2 is 1.94 bits per heavy atom. The summed E-state index contributed by atoms with van der Waals surface area (Å²) < 4.78 is 16.8. The molecule has 0 saturated heterocycles. The monoisotopic (exact) mass is 495 g/mol. The quantitative estimate of drug-likeness (QED) is 0.179. The fourth-order valence-corrected chi connectivity index (χ4v) is 4.00. The topological polar surface area (TPSA) is 138 Å². The lowest BCUT2D eigenvalue weighted by Gasteiger charge is -2.29. The Labute approximate surface area is 210 Å². The van der Waals surface area contributed by atoms with Crippen LogP contribution >= 0.6 is 0 Å². The maximum absolute atomic E-state index is 13.6. The smallest absolute Gasteiger partial charge is 0.252 e. The van der Waals surface area contributed by atoms with Crippen LogP contribution in [-0.4, -0.2) is 62.0 Å². The molecular formula is C26H33N5O5. The number of hydrogen-bond donors (Lipinski definition) is 2. The Kier molecular flexibility index (Phi) is 10.1. The summed E-state index contributed by atoms with van der Waals surface area (Å²) >= 11 is 0. The Bertz CT molecular complexity index is 1080. The first-order valence-electron chi connectivity index (χ1n) is 12.0. The summed E-state index contributed by atoms with van der Waals surface area (Å²) in [6.07, 6.45) is 0.976. The van der Waals surface area contributed by atoms with Gasteiger partial charge < -0.3 is 24.6 Å². The molecule has 1 aliphatic rings. The van der Waals surface area contributed by atoms with Crippen LogP contribution in [-0.2, 0) is 27.2 Å². The van der Waals surface area contributed by atoms with Gasteiger partial charge in [0.1, 0.15) is 11.9 Å². The van der Waals surface area contributed by atoms with E-state index in [1.165, 1.54) is 0 Å². The molecule has 0 aromatic heterocycles. The van der Waals surface area contributed by atoms with E-state index in [0.717, 1.165) is 16.7 Å². The van der Waals surface area contributed by atoms with Crippen LogP contribution in [0.25, 0.3) is 10.4 Å². The van der Waals surface area contributed by atoms with Crippen molar-refractivity contribution >= 4 is 11.8 Å². The minimum absolute atomic E-state index is 0.0717. The zero-order chi connectivity index (χ0) is 25.8. The first-order valence-corrected chi connectivity index (χ1v) is 12.0. The van der Waals surface area contributed by atoms with Gasteiger partial charge in [0.15, 0.2) is 5.54 Å². The molecule has 0 saturated carbocycles. The van der Waals surface area contributed by atoms with Crippen LogP contribution in [0.2, 0.25) is 0 Å². The number of methoxy groups -OCH3 is 1. The van der Waals surface area contributed by atoms with Gasteiger partial charge in [0, 0.05) is 50.2 Å². The number of aliphatic hydroxyl groups excluding tert-OH is 1. The van der Waals surface area contributed by atoms with Crippen LogP contribution in [0.5, 0.6) is 5.75 Å². The Morgan fingerprint density at radius 3 is 2.64 bits per heavy atom. The molecule has 0 unspecified atom stereocenters. The van der Waals surface area contributed by atoms with Gasteiger partial charge >= 0.3 is 0 Å². The maximum Gasteiger partial charge on any atom is 0.252 e. The molecule has 1 amide bonds. The highest BCUT2D eigenvalue weighted by Gasteiger charge is 2.50. The number of benzene rings is 2. The van der Waals surface area contributed by atoms with Crippen molar-refractivity contribution in [3.8, 4) is 5.75 Å². The first-order chi connectivity index (χ1) is 17.5. The third kappa shape index (κ3) is 6.75. The molecule has 192 valence electrons. The molecule has 3 rings (SSSR count). The fourth-order valence-electron chi connectivity index (χ4n) is 4.00. The van der Waals surface area contributed by atoms with Gasteiger partial charge in [-0.05, 0) is 54.3 Å². The van der Waals surface area contributed by atoms with Crippen molar-refractivity contribution in [1.82, 2.24) is 5.32 Å². The highest BCUT2D eigenvalue weighted by molar-refractivity contribution is 6.00. The molecule has 2 N–H and O–H groups in total. The standard InChI is InChI=1S/C26H33N5O5/c1-19-26(25(33)28-13-5-15-34-2,17-21-7-3-4-8-22(21)18-29-31-27)30-24(36-19)20-9-11-23(12-10-20)35-16-6-14-32/h3-4,7-12,19,32H,5-6,13-18H2,1-2H3,(H,28,33)/t19-,26-/m1/s1. The number of nitrogens with zero attached hydrogens (tertiary/aromatic N) is 4. The number of amides is 1. The van der Waals surface area contributed by atoms with E-state index in [2.05, 4.69) is 15.3 Å².